The molecule has 2 aromatic carbocycles. The van der Waals surface area contributed by atoms with Crippen LogP contribution in [0.3, 0.4) is 0 Å². The van der Waals surface area contributed by atoms with Crippen LogP contribution in [0.5, 0.6) is 11.5 Å². The van der Waals surface area contributed by atoms with Crippen molar-refractivity contribution in [2.75, 3.05) is 0 Å². The number of halogens is 4. The molecule has 2 rings (SSSR count). The first-order chi connectivity index (χ1) is 9.27. The van der Waals surface area contributed by atoms with E-state index in [0.29, 0.717) is 16.0 Å². The third kappa shape index (κ3) is 3.63. The fourth-order valence-corrected chi connectivity index (χ4v) is 2.94. The lowest BCUT2D eigenvalue weighted by molar-refractivity contribution is 0.477. The molecule has 0 heterocycles. The average Bonchev–Trinajstić information content (AvgIpc) is 2.35. The minimum Gasteiger partial charge on any atom is -0.456 e. The SMILES string of the molecule is O=S(=O)(Cl)c1ccc(Oc2ccc(F)c(Cl)c2)c(Br)c1. The maximum Gasteiger partial charge on any atom is 0.261 e. The molecule has 2 aromatic rings. The number of hydrogen-bond acceptors (Lipinski definition) is 3. The maximum atomic E-state index is 13.0. The van der Waals surface area contributed by atoms with Crippen LogP contribution in [0, 0.1) is 5.82 Å². The van der Waals surface area contributed by atoms with Gasteiger partial charge in [0, 0.05) is 16.7 Å². The van der Waals surface area contributed by atoms with Crippen molar-refractivity contribution in [2.45, 2.75) is 4.90 Å². The van der Waals surface area contributed by atoms with Gasteiger partial charge in [-0.25, -0.2) is 12.8 Å². The van der Waals surface area contributed by atoms with Gasteiger partial charge in [0.2, 0.25) is 0 Å². The maximum absolute atomic E-state index is 13.0. The molecule has 3 nitrogen and oxygen atoms in total. The summed E-state index contributed by atoms with van der Waals surface area (Å²) in [5, 5.41) is -0.0708. The number of benzene rings is 2. The third-order valence-corrected chi connectivity index (χ3v) is 4.56. The molecule has 0 radical (unpaired) electrons. The van der Waals surface area contributed by atoms with Crippen molar-refractivity contribution in [3.63, 3.8) is 0 Å². The van der Waals surface area contributed by atoms with E-state index in [9.17, 15) is 12.8 Å². The van der Waals surface area contributed by atoms with Crippen LogP contribution in [-0.4, -0.2) is 8.42 Å². The van der Waals surface area contributed by atoms with Crippen LogP contribution in [0.15, 0.2) is 45.8 Å². The lowest BCUT2D eigenvalue weighted by Gasteiger charge is -2.09. The Kier molecular flexibility index (Phi) is 4.59. The molecular formula is C12H6BrCl2FO3S. The van der Waals surface area contributed by atoms with Gasteiger partial charge < -0.3 is 4.74 Å². The summed E-state index contributed by atoms with van der Waals surface area (Å²) in [6, 6.07) is 7.92. The quantitative estimate of drug-likeness (QED) is 0.685. The highest BCUT2D eigenvalue weighted by atomic mass is 79.9. The predicted octanol–water partition coefficient (Wildman–Crippen LogP) is 4.96. The van der Waals surface area contributed by atoms with Crippen molar-refractivity contribution >= 4 is 47.3 Å². The minimum atomic E-state index is -3.81. The summed E-state index contributed by atoms with van der Waals surface area (Å²) in [5.74, 6) is 0.108. The molecule has 0 bridgehead atoms. The van der Waals surface area contributed by atoms with Crippen molar-refractivity contribution in [3.8, 4) is 11.5 Å². The van der Waals surface area contributed by atoms with E-state index >= 15 is 0 Å². The Morgan fingerprint density at radius 1 is 1.15 bits per heavy atom. The van der Waals surface area contributed by atoms with Crippen LogP contribution in [0.1, 0.15) is 0 Å². The minimum absolute atomic E-state index is 0.0597. The fourth-order valence-electron chi connectivity index (χ4n) is 1.38. The van der Waals surface area contributed by atoms with Crippen LogP contribution in [0.2, 0.25) is 5.02 Å². The van der Waals surface area contributed by atoms with Crippen molar-refractivity contribution in [1.29, 1.82) is 0 Å². The first-order valence-electron chi connectivity index (χ1n) is 5.14. The molecule has 20 heavy (non-hydrogen) atoms. The molecule has 0 aromatic heterocycles. The molecule has 0 spiro atoms. The van der Waals surface area contributed by atoms with E-state index in [0.717, 1.165) is 0 Å². The topological polar surface area (TPSA) is 43.4 Å². The Labute approximate surface area is 132 Å². The monoisotopic (exact) mass is 398 g/mol. The van der Waals surface area contributed by atoms with Gasteiger partial charge in [-0.15, -0.1) is 0 Å². The van der Waals surface area contributed by atoms with E-state index < -0.39 is 14.9 Å². The zero-order valence-electron chi connectivity index (χ0n) is 9.61. The second kappa shape index (κ2) is 5.89. The van der Waals surface area contributed by atoms with Gasteiger partial charge >= 0.3 is 0 Å². The number of rotatable bonds is 3. The highest BCUT2D eigenvalue weighted by Crippen LogP contribution is 2.33. The molecule has 106 valence electrons. The molecule has 0 aliphatic rings. The Morgan fingerprint density at radius 3 is 2.40 bits per heavy atom. The molecule has 0 saturated carbocycles. The molecule has 8 heteroatoms. The summed E-state index contributed by atoms with van der Waals surface area (Å²) in [7, 11) is 1.42. The van der Waals surface area contributed by atoms with E-state index in [1.165, 1.54) is 36.4 Å². The smallest absolute Gasteiger partial charge is 0.261 e. The summed E-state index contributed by atoms with van der Waals surface area (Å²) < 4.78 is 41.3. The van der Waals surface area contributed by atoms with Gasteiger partial charge in [-0.3, -0.25) is 0 Å². The lowest BCUT2D eigenvalue weighted by Crippen LogP contribution is -1.92. The van der Waals surface area contributed by atoms with Crippen molar-refractivity contribution in [1.82, 2.24) is 0 Å². The second-order valence-electron chi connectivity index (χ2n) is 3.71. The Balaban J connectivity index is 2.32. The molecule has 0 aliphatic carbocycles. The molecule has 0 amide bonds. The first-order valence-corrected chi connectivity index (χ1v) is 8.62. The molecule has 0 unspecified atom stereocenters. The summed E-state index contributed by atoms with van der Waals surface area (Å²) in [6.45, 7) is 0. The van der Waals surface area contributed by atoms with Crippen molar-refractivity contribution < 1.29 is 17.5 Å². The summed E-state index contributed by atoms with van der Waals surface area (Å²) >= 11 is 8.82. The Bertz CT molecular complexity index is 765. The highest BCUT2D eigenvalue weighted by Gasteiger charge is 2.13. The van der Waals surface area contributed by atoms with Gasteiger partial charge in [0.25, 0.3) is 9.05 Å². The Morgan fingerprint density at radius 2 is 1.85 bits per heavy atom. The van der Waals surface area contributed by atoms with Crippen LogP contribution in [-0.2, 0) is 9.05 Å². The predicted molar refractivity (Wildman–Crippen MR) is 78.7 cm³/mol. The zero-order chi connectivity index (χ0) is 14.9. The third-order valence-electron chi connectivity index (χ3n) is 2.30. The standard InChI is InChI=1S/C12H6BrCl2FO3S/c13-9-6-8(20(15,17)18)2-4-12(9)19-7-1-3-11(16)10(14)5-7/h1-6H. The van der Waals surface area contributed by atoms with Gasteiger partial charge in [0.1, 0.15) is 17.3 Å². The number of hydrogen-bond donors (Lipinski definition) is 0. The average molecular weight is 400 g/mol. The van der Waals surface area contributed by atoms with E-state index in [1.807, 2.05) is 0 Å². The van der Waals surface area contributed by atoms with Crippen LogP contribution < -0.4 is 4.74 Å². The molecule has 0 saturated heterocycles. The van der Waals surface area contributed by atoms with Gasteiger partial charge in [-0.1, -0.05) is 11.6 Å². The summed E-state index contributed by atoms with van der Waals surface area (Å²) in [5.41, 5.74) is 0. The van der Waals surface area contributed by atoms with Crippen LogP contribution in [0.25, 0.3) is 0 Å². The summed E-state index contributed by atoms with van der Waals surface area (Å²) in [6.07, 6.45) is 0. The van der Waals surface area contributed by atoms with Crippen LogP contribution >= 0.6 is 38.2 Å². The van der Waals surface area contributed by atoms with Gasteiger partial charge in [-0.2, -0.15) is 0 Å². The molecular weight excluding hydrogens is 394 g/mol. The largest absolute Gasteiger partial charge is 0.456 e. The first kappa shape index (κ1) is 15.6. The highest BCUT2D eigenvalue weighted by molar-refractivity contribution is 9.10. The summed E-state index contributed by atoms with van der Waals surface area (Å²) in [4.78, 5) is -0.0597. The van der Waals surface area contributed by atoms with Gasteiger partial charge in [0.15, 0.2) is 0 Å². The van der Waals surface area contributed by atoms with E-state index in [4.69, 9.17) is 27.0 Å². The van der Waals surface area contributed by atoms with E-state index in [2.05, 4.69) is 15.9 Å². The second-order valence-corrected chi connectivity index (χ2v) is 7.54. The van der Waals surface area contributed by atoms with Gasteiger partial charge in [0.05, 0.1) is 14.4 Å². The van der Waals surface area contributed by atoms with Crippen molar-refractivity contribution in [2.24, 2.45) is 0 Å². The Hall–Kier alpha value is -0.820. The molecule has 0 N–H and O–H groups in total. The lowest BCUT2D eigenvalue weighted by atomic mass is 10.3. The normalized spacial score (nSPS) is 11.4. The molecule has 0 fully saturated rings. The van der Waals surface area contributed by atoms with Crippen LogP contribution in [0.4, 0.5) is 4.39 Å². The van der Waals surface area contributed by atoms with E-state index in [-0.39, 0.29) is 9.92 Å². The molecule has 0 atom stereocenters. The molecule has 0 aliphatic heterocycles. The van der Waals surface area contributed by atoms with Crippen molar-refractivity contribution in [3.05, 3.63) is 51.7 Å². The fraction of sp³-hybridized carbons (Fsp3) is 0. The zero-order valence-corrected chi connectivity index (χ0v) is 13.5. The number of ether oxygens (including phenoxy) is 1. The van der Waals surface area contributed by atoms with E-state index in [1.54, 1.807) is 0 Å². The van der Waals surface area contributed by atoms with Gasteiger partial charge in [-0.05, 0) is 46.3 Å².